The molecule has 1 amide bonds. The van der Waals surface area contributed by atoms with Crippen LogP contribution in [0.1, 0.15) is 10.4 Å². The van der Waals surface area contributed by atoms with Gasteiger partial charge in [-0.3, -0.25) is 4.79 Å². The second-order valence-electron chi connectivity index (χ2n) is 2.96. The van der Waals surface area contributed by atoms with Gasteiger partial charge in [-0.2, -0.15) is 0 Å². The molecule has 0 aliphatic rings. The van der Waals surface area contributed by atoms with Crippen molar-refractivity contribution in [3.63, 3.8) is 0 Å². The third kappa shape index (κ3) is 4.08. The van der Waals surface area contributed by atoms with Crippen molar-refractivity contribution in [3.05, 3.63) is 34.1 Å². The van der Waals surface area contributed by atoms with Crippen LogP contribution in [0.2, 0.25) is 0 Å². The van der Waals surface area contributed by atoms with E-state index in [4.69, 9.17) is 0 Å². The smallest absolute Gasteiger partial charge is 0.255 e. The number of hydrogen-bond donors (Lipinski definition) is 2. The van der Waals surface area contributed by atoms with E-state index in [2.05, 4.69) is 26.6 Å². The van der Waals surface area contributed by atoms with Crippen LogP contribution >= 0.6 is 28.3 Å². The van der Waals surface area contributed by atoms with E-state index >= 15 is 0 Å². The maximum atomic E-state index is 13.3. The highest BCUT2D eigenvalue weighted by molar-refractivity contribution is 9.10. The average molecular weight is 312 g/mol. The molecule has 0 aliphatic heterocycles. The molecule has 0 aromatic heterocycles. The fraction of sp³-hybridized carbons (Fsp3) is 0.300. The highest BCUT2D eigenvalue weighted by atomic mass is 79.9. The van der Waals surface area contributed by atoms with Crippen molar-refractivity contribution in [2.75, 3.05) is 20.1 Å². The first-order valence-corrected chi connectivity index (χ1v) is 5.33. The number of benzene rings is 1. The predicted molar refractivity (Wildman–Crippen MR) is 67.6 cm³/mol. The van der Waals surface area contributed by atoms with Gasteiger partial charge in [0, 0.05) is 17.6 Å². The molecule has 6 heteroatoms. The molecule has 90 valence electrons. The quantitative estimate of drug-likeness (QED) is 0.835. The Morgan fingerprint density at radius 1 is 1.44 bits per heavy atom. The Balaban J connectivity index is 0.00000225. The standard InChI is InChI=1S/C10H12BrFN2O.ClH/c1-13-5-6-14-10(15)9-7(11)3-2-4-8(9)12;/h2-4,13H,5-6H2,1H3,(H,14,15);1H. The molecule has 2 N–H and O–H groups in total. The Kier molecular flexibility index (Phi) is 7.29. The van der Waals surface area contributed by atoms with E-state index in [-0.39, 0.29) is 18.0 Å². The number of halogens is 3. The summed E-state index contributed by atoms with van der Waals surface area (Å²) in [4.78, 5) is 11.6. The van der Waals surface area contributed by atoms with Crippen molar-refractivity contribution in [2.45, 2.75) is 0 Å². The molecule has 0 heterocycles. The molecule has 0 fully saturated rings. The van der Waals surface area contributed by atoms with Gasteiger partial charge in [-0.25, -0.2) is 4.39 Å². The monoisotopic (exact) mass is 310 g/mol. The number of rotatable bonds is 4. The fourth-order valence-corrected chi connectivity index (χ4v) is 1.63. The molecule has 0 spiro atoms. The van der Waals surface area contributed by atoms with E-state index in [0.29, 0.717) is 17.6 Å². The molecular formula is C10H13BrClFN2O. The van der Waals surface area contributed by atoms with Crippen LogP contribution in [0, 0.1) is 5.82 Å². The number of amides is 1. The van der Waals surface area contributed by atoms with Gasteiger partial charge < -0.3 is 10.6 Å². The second kappa shape index (κ2) is 7.60. The van der Waals surface area contributed by atoms with Crippen molar-refractivity contribution in [1.82, 2.24) is 10.6 Å². The van der Waals surface area contributed by atoms with E-state index in [1.807, 2.05) is 0 Å². The Labute approximate surface area is 108 Å². The molecule has 1 rings (SSSR count). The summed E-state index contributed by atoms with van der Waals surface area (Å²) in [5.41, 5.74) is 0.0496. The number of carbonyl (C=O) groups is 1. The summed E-state index contributed by atoms with van der Waals surface area (Å²) in [6, 6.07) is 4.44. The van der Waals surface area contributed by atoms with Crippen molar-refractivity contribution in [1.29, 1.82) is 0 Å². The molecule has 0 radical (unpaired) electrons. The molecule has 0 saturated carbocycles. The largest absolute Gasteiger partial charge is 0.351 e. The van der Waals surface area contributed by atoms with E-state index < -0.39 is 11.7 Å². The van der Waals surface area contributed by atoms with Crippen LogP contribution in [-0.4, -0.2) is 26.0 Å². The first kappa shape index (κ1) is 15.3. The van der Waals surface area contributed by atoms with Crippen molar-refractivity contribution >= 4 is 34.2 Å². The molecule has 1 aromatic rings. The van der Waals surface area contributed by atoms with Gasteiger partial charge in [0.2, 0.25) is 0 Å². The Morgan fingerprint density at radius 2 is 2.12 bits per heavy atom. The third-order valence-electron chi connectivity index (χ3n) is 1.85. The molecule has 3 nitrogen and oxygen atoms in total. The molecule has 0 bridgehead atoms. The normalized spacial score (nSPS) is 9.44. The van der Waals surface area contributed by atoms with E-state index in [9.17, 15) is 9.18 Å². The van der Waals surface area contributed by atoms with Crippen LogP contribution in [-0.2, 0) is 0 Å². The lowest BCUT2D eigenvalue weighted by Gasteiger charge is -2.07. The van der Waals surface area contributed by atoms with Gasteiger partial charge >= 0.3 is 0 Å². The summed E-state index contributed by atoms with van der Waals surface area (Å²) >= 11 is 3.14. The zero-order chi connectivity index (χ0) is 11.3. The van der Waals surface area contributed by atoms with Crippen LogP contribution in [0.3, 0.4) is 0 Å². The molecule has 0 aliphatic carbocycles. The molecule has 0 unspecified atom stereocenters. The van der Waals surface area contributed by atoms with Crippen molar-refractivity contribution in [3.8, 4) is 0 Å². The average Bonchev–Trinajstić information content (AvgIpc) is 2.18. The van der Waals surface area contributed by atoms with Crippen molar-refractivity contribution in [2.24, 2.45) is 0 Å². The van der Waals surface area contributed by atoms with E-state index in [0.717, 1.165) is 0 Å². The van der Waals surface area contributed by atoms with Crippen LogP contribution in [0.4, 0.5) is 4.39 Å². The zero-order valence-electron chi connectivity index (χ0n) is 8.72. The topological polar surface area (TPSA) is 41.1 Å². The summed E-state index contributed by atoms with van der Waals surface area (Å²) < 4.78 is 13.8. The highest BCUT2D eigenvalue weighted by Crippen LogP contribution is 2.19. The van der Waals surface area contributed by atoms with Crippen LogP contribution in [0.15, 0.2) is 22.7 Å². The lowest BCUT2D eigenvalue weighted by Crippen LogP contribution is -2.31. The molecular weight excluding hydrogens is 298 g/mol. The number of carbonyl (C=O) groups excluding carboxylic acids is 1. The number of likely N-dealkylation sites (N-methyl/N-ethyl adjacent to an activating group) is 1. The number of hydrogen-bond acceptors (Lipinski definition) is 2. The Bertz CT molecular complexity index is 342. The summed E-state index contributed by atoms with van der Waals surface area (Å²) in [5, 5.41) is 5.49. The van der Waals surface area contributed by atoms with Crippen LogP contribution in [0.5, 0.6) is 0 Å². The van der Waals surface area contributed by atoms with Gasteiger partial charge in [0.05, 0.1) is 5.56 Å². The van der Waals surface area contributed by atoms with Gasteiger partial charge in [-0.1, -0.05) is 6.07 Å². The Hall–Kier alpha value is -0.650. The van der Waals surface area contributed by atoms with Gasteiger partial charge in [-0.15, -0.1) is 12.4 Å². The fourth-order valence-electron chi connectivity index (χ4n) is 1.10. The van der Waals surface area contributed by atoms with E-state index in [1.54, 1.807) is 19.2 Å². The maximum Gasteiger partial charge on any atom is 0.255 e. The lowest BCUT2D eigenvalue weighted by molar-refractivity contribution is 0.0949. The minimum absolute atomic E-state index is 0. The summed E-state index contributed by atoms with van der Waals surface area (Å²) in [6.45, 7) is 1.12. The van der Waals surface area contributed by atoms with Gasteiger partial charge in [0.15, 0.2) is 0 Å². The lowest BCUT2D eigenvalue weighted by atomic mass is 10.2. The first-order valence-electron chi connectivity index (χ1n) is 4.53. The van der Waals surface area contributed by atoms with Gasteiger partial charge in [0.1, 0.15) is 5.82 Å². The maximum absolute atomic E-state index is 13.3. The van der Waals surface area contributed by atoms with Gasteiger partial charge in [0.25, 0.3) is 5.91 Å². The summed E-state index contributed by atoms with van der Waals surface area (Å²) in [5.74, 6) is -0.929. The van der Waals surface area contributed by atoms with Crippen LogP contribution < -0.4 is 10.6 Å². The minimum atomic E-state index is -0.522. The predicted octanol–water partition coefficient (Wildman–Crippen LogP) is 1.96. The summed E-state index contributed by atoms with van der Waals surface area (Å²) in [7, 11) is 1.78. The third-order valence-corrected chi connectivity index (χ3v) is 2.51. The molecule has 0 saturated heterocycles. The minimum Gasteiger partial charge on any atom is -0.351 e. The molecule has 16 heavy (non-hydrogen) atoms. The SMILES string of the molecule is CNCCNC(=O)c1c(F)cccc1Br.Cl. The Morgan fingerprint density at radius 3 is 2.69 bits per heavy atom. The molecule has 0 atom stereocenters. The number of nitrogens with one attached hydrogen (secondary N) is 2. The second-order valence-corrected chi connectivity index (χ2v) is 3.81. The van der Waals surface area contributed by atoms with Gasteiger partial charge in [-0.05, 0) is 35.1 Å². The highest BCUT2D eigenvalue weighted by Gasteiger charge is 2.14. The van der Waals surface area contributed by atoms with Crippen LogP contribution in [0.25, 0.3) is 0 Å². The van der Waals surface area contributed by atoms with Crippen molar-refractivity contribution < 1.29 is 9.18 Å². The zero-order valence-corrected chi connectivity index (χ0v) is 11.1. The summed E-state index contributed by atoms with van der Waals surface area (Å²) in [6.07, 6.45) is 0. The van der Waals surface area contributed by atoms with E-state index in [1.165, 1.54) is 6.07 Å². The molecule has 1 aromatic carbocycles. The first-order chi connectivity index (χ1) is 7.16.